The fourth-order valence-electron chi connectivity index (χ4n) is 2.46. The first kappa shape index (κ1) is 14.5. The maximum Gasteiger partial charge on any atom is 0.195 e. The average molecular weight is 292 g/mol. The van der Waals surface area contributed by atoms with Gasteiger partial charge in [0.05, 0.1) is 0 Å². The smallest absolute Gasteiger partial charge is 0.195 e. The average Bonchev–Trinajstić information content (AvgIpc) is 3.01. The van der Waals surface area contributed by atoms with Gasteiger partial charge in [0.1, 0.15) is 5.69 Å². The molecule has 0 spiro atoms. The minimum Gasteiger partial charge on any atom is -0.440 e. The van der Waals surface area contributed by atoms with Crippen LogP contribution >= 0.6 is 0 Å². The Labute approximate surface area is 131 Å². The van der Waals surface area contributed by atoms with Gasteiger partial charge in [0.2, 0.25) is 0 Å². The fraction of sp³-hybridized carbons (Fsp3) is 0.211. The zero-order valence-electron chi connectivity index (χ0n) is 12.8. The van der Waals surface area contributed by atoms with Crippen LogP contribution < -0.4 is 5.32 Å². The SMILES string of the molecule is CNCCCc1nc(-c2ccccc2)c(-c2ccccc2)o1. The van der Waals surface area contributed by atoms with Crippen molar-refractivity contribution < 1.29 is 4.42 Å². The van der Waals surface area contributed by atoms with E-state index in [1.165, 1.54) is 0 Å². The van der Waals surface area contributed by atoms with Crippen molar-refractivity contribution in [2.45, 2.75) is 12.8 Å². The Morgan fingerprint density at radius 3 is 2.18 bits per heavy atom. The molecule has 0 aliphatic rings. The molecule has 0 amide bonds. The van der Waals surface area contributed by atoms with Gasteiger partial charge in [-0.1, -0.05) is 60.7 Å². The van der Waals surface area contributed by atoms with E-state index in [1.807, 2.05) is 43.4 Å². The lowest BCUT2D eigenvalue weighted by Gasteiger charge is -2.00. The number of aryl methyl sites for hydroxylation is 1. The zero-order chi connectivity index (χ0) is 15.2. The summed E-state index contributed by atoms with van der Waals surface area (Å²) >= 11 is 0. The van der Waals surface area contributed by atoms with E-state index < -0.39 is 0 Å². The lowest BCUT2D eigenvalue weighted by Crippen LogP contribution is -2.08. The van der Waals surface area contributed by atoms with Gasteiger partial charge in [-0.05, 0) is 20.0 Å². The van der Waals surface area contributed by atoms with Crippen LogP contribution in [0.5, 0.6) is 0 Å². The highest BCUT2D eigenvalue weighted by molar-refractivity contribution is 5.76. The van der Waals surface area contributed by atoms with Crippen molar-refractivity contribution >= 4 is 0 Å². The highest BCUT2D eigenvalue weighted by Gasteiger charge is 2.16. The molecule has 3 heteroatoms. The molecule has 0 fully saturated rings. The summed E-state index contributed by atoms with van der Waals surface area (Å²) in [5.41, 5.74) is 3.07. The van der Waals surface area contributed by atoms with Crippen LogP contribution in [0, 0.1) is 0 Å². The molecular weight excluding hydrogens is 272 g/mol. The van der Waals surface area contributed by atoms with Crippen molar-refractivity contribution in [3.05, 3.63) is 66.6 Å². The summed E-state index contributed by atoms with van der Waals surface area (Å²) in [5, 5.41) is 3.15. The standard InChI is InChI=1S/C19H20N2O/c1-20-14-8-13-17-21-18(15-9-4-2-5-10-15)19(22-17)16-11-6-3-7-12-16/h2-7,9-12,20H,8,13-14H2,1H3. The normalized spacial score (nSPS) is 10.8. The summed E-state index contributed by atoms with van der Waals surface area (Å²) in [5.74, 6) is 1.65. The predicted molar refractivity (Wildman–Crippen MR) is 89.6 cm³/mol. The van der Waals surface area contributed by atoms with Crippen molar-refractivity contribution in [3.8, 4) is 22.6 Å². The molecule has 0 saturated heterocycles. The van der Waals surface area contributed by atoms with E-state index in [0.29, 0.717) is 0 Å². The van der Waals surface area contributed by atoms with Gasteiger partial charge in [-0.2, -0.15) is 0 Å². The molecule has 0 saturated carbocycles. The molecule has 3 rings (SSSR count). The van der Waals surface area contributed by atoms with E-state index in [-0.39, 0.29) is 0 Å². The van der Waals surface area contributed by atoms with Gasteiger partial charge >= 0.3 is 0 Å². The van der Waals surface area contributed by atoms with Gasteiger partial charge in [-0.15, -0.1) is 0 Å². The summed E-state index contributed by atoms with van der Waals surface area (Å²) in [6.07, 6.45) is 1.85. The number of hydrogen-bond donors (Lipinski definition) is 1. The second-order valence-corrected chi connectivity index (χ2v) is 5.22. The summed E-state index contributed by atoms with van der Waals surface area (Å²) in [6, 6.07) is 20.4. The van der Waals surface area contributed by atoms with Crippen LogP contribution in [0.3, 0.4) is 0 Å². The van der Waals surface area contributed by atoms with Crippen molar-refractivity contribution in [2.75, 3.05) is 13.6 Å². The number of oxazole rings is 1. The van der Waals surface area contributed by atoms with Gasteiger partial charge in [0, 0.05) is 17.5 Å². The number of aromatic nitrogens is 1. The molecule has 0 radical (unpaired) electrons. The van der Waals surface area contributed by atoms with Crippen molar-refractivity contribution in [1.82, 2.24) is 10.3 Å². The summed E-state index contributed by atoms with van der Waals surface area (Å²) in [6.45, 7) is 0.962. The van der Waals surface area contributed by atoms with E-state index >= 15 is 0 Å². The third kappa shape index (κ3) is 3.26. The van der Waals surface area contributed by atoms with Gasteiger partial charge in [-0.3, -0.25) is 0 Å². The molecule has 112 valence electrons. The molecular formula is C19H20N2O. The zero-order valence-corrected chi connectivity index (χ0v) is 12.8. The summed E-state index contributed by atoms with van der Waals surface area (Å²) in [7, 11) is 1.96. The fourth-order valence-corrected chi connectivity index (χ4v) is 2.46. The van der Waals surface area contributed by atoms with Gasteiger partial charge < -0.3 is 9.73 Å². The molecule has 1 N–H and O–H groups in total. The summed E-state index contributed by atoms with van der Waals surface area (Å²) < 4.78 is 6.06. The summed E-state index contributed by atoms with van der Waals surface area (Å²) in [4.78, 5) is 4.73. The molecule has 1 aromatic heterocycles. The third-order valence-corrected chi connectivity index (χ3v) is 3.57. The first-order valence-corrected chi connectivity index (χ1v) is 7.63. The topological polar surface area (TPSA) is 38.1 Å². The lowest BCUT2D eigenvalue weighted by atomic mass is 10.1. The highest BCUT2D eigenvalue weighted by Crippen LogP contribution is 2.32. The molecule has 0 aliphatic carbocycles. The molecule has 0 unspecified atom stereocenters. The Hall–Kier alpha value is -2.39. The molecule has 1 heterocycles. The highest BCUT2D eigenvalue weighted by atomic mass is 16.4. The van der Waals surface area contributed by atoms with E-state index in [0.717, 1.165) is 47.9 Å². The Morgan fingerprint density at radius 2 is 1.55 bits per heavy atom. The molecule has 0 bridgehead atoms. The largest absolute Gasteiger partial charge is 0.440 e. The number of hydrogen-bond acceptors (Lipinski definition) is 3. The molecule has 22 heavy (non-hydrogen) atoms. The predicted octanol–water partition coefficient (Wildman–Crippen LogP) is 4.16. The Balaban J connectivity index is 1.99. The quantitative estimate of drug-likeness (QED) is 0.693. The minimum absolute atomic E-state index is 0.799. The molecule has 3 aromatic rings. The van der Waals surface area contributed by atoms with E-state index in [2.05, 4.69) is 29.6 Å². The molecule has 0 aliphatic heterocycles. The first-order chi connectivity index (χ1) is 10.9. The van der Waals surface area contributed by atoms with Crippen molar-refractivity contribution in [2.24, 2.45) is 0 Å². The van der Waals surface area contributed by atoms with Gasteiger partial charge in [0.25, 0.3) is 0 Å². The van der Waals surface area contributed by atoms with Crippen molar-refractivity contribution in [1.29, 1.82) is 0 Å². The van der Waals surface area contributed by atoms with Gasteiger partial charge in [-0.25, -0.2) is 4.98 Å². The first-order valence-electron chi connectivity index (χ1n) is 7.63. The Bertz CT molecular complexity index is 648. The van der Waals surface area contributed by atoms with E-state index in [1.54, 1.807) is 0 Å². The maximum absolute atomic E-state index is 6.06. The lowest BCUT2D eigenvalue weighted by molar-refractivity contribution is 0.495. The third-order valence-electron chi connectivity index (χ3n) is 3.57. The van der Waals surface area contributed by atoms with Crippen LogP contribution in [0.4, 0.5) is 0 Å². The maximum atomic E-state index is 6.06. The van der Waals surface area contributed by atoms with E-state index in [4.69, 9.17) is 9.40 Å². The Morgan fingerprint density at radius 1 is 0.909 bits per heavy atom. The second kappa shape index (κ2) is 7.05. The second-order valence-electron chi connectivity index (χ2n) is 5.22. The van der Waals surface area contributed by atoms with Gasteiger partial charge in [0.15, 0.2) is 11.7 Å². The number of benzene rings is 2. The van der Waals surface area contributed by atoms with Crippen LogP contribution in [0.15, 0.2) is 65.1 Å². The number of nitrogens with zero attached hydrogens (tertiary/aromatic N) is 1. The van der Waals surface area contributed by atoms with E-state index in [9.17, 15) is 0 Å². The van der Waals surface area contributed by atoms with Crippen LogP contribution in [-0.2, 0) is 6.42 Å². The minimum atomic E-state index is 0.799. The van der Waals surface area contributed by atoms with Crippen LogP contribution in [0.1, 0.15) is 12.3 Å². The van der Waals surface area contributed by atoms with Crippen LogP contribution in [0.2, 0.25) is 0 Å². The van der Waals surface area contributed by atoms with Crippen molar-refractivity contribution in [3.63, 3.8) is 0 Å². The van der Waals surface area contributed by atoms with Crippen LogP contribution in [0.25, 0.3) is 22.6 Å². The number of nitrogens with one attached hydrogen (secondary N) is 1. The molecule has 3 nitrogen and oxygen atoms in total. The number of rotatable bonds is 6. The molecule has 2 aromatic carbocycles. The monoisotopic (exact) mass is 292 g/mol. The molecule has 0 atom stereocenters. The van der Waals surface area contributed by atoms with Crippen LogP contribution in [-0.4, -0.2) is 18.6 Å². The Kier molecular flexibility index (Phi) is 4.66.